The van der Waals surface area contributed by atoms with E-state index in [1.807, 2.05) is 6.08 Å². The van der Waals surface area contributed by atoms with E-state index in [9.17, 15) is 9.18 Å². The van der Waals surface area contributed by atoms with Crippen molar-refractivity contribution < 1.29 is 9.18 Å². The number of anilines is 2. The average Bonchev–Trinajstić information content (AvgIpc) is 2.78. The van der Waals surface area contributed by atoms with E-state index >= 15 is 0 Å². The standard InChI is InChI=1S/C23H22BrFN6O/c1-3-19-5-4-15(13-31(19)14(2)32)23-29-20(21-12-26-6-7-27-21)11-22(30-23)28-18-9-16(24)8-17(25)10-18/h3,6-12,15,19H,1,4-5,13H2,2H3,(H,28,29,30)/t15-,19+/m1/s1. The summed E-state index contributed by atoms with van der Waals surface area (Å²) < 4.78 is 14.5. The van der Waals surface area contributed by atoms with Gasteiger partial charge < -0.3 is 10.2 Å². The number of nitrogens with one attached hydrogen (secondary N) is 1. The normalized spacial score (nSPS) is 18.3. The van der Waals surface area contributed by atoms with Crippen molar-refractivity contribution in [3.05, 3.63) is 71.6 Å². The van der Waals surface area contributed by atoms with Gasteiger partial charge in [-0.25, -0.2) is 14.4 Å². The summed E-state index contributed by atoms with van der Waals surface area (Å²) in [5.41, 5.74) is 1.75. The molecule has 0 radical (unpaired) electrons. The van der Waals surface area contributed by atoms with E-state index < -0.39 is 0 Å². The number of amides is 1. The minimum atomic E-state index is -0.370. The van der Waals surface area contributed by atoms with E-state index in [-0.39, 0.29) is 23.7 Å². The zero-order valence-corrected chi connectivity index (χ0v) is 19.1. The summed E-state index contributed by atoms with van der Waals surface area (Å²) in [6.45, 7) is 5.92. The Hall–Kier alpha value is -3.20. The lowest BCUT2D eigenvalue weighted by Gasteiger charge is -2.37. The molecular weight excluding hydrogens is 475 g/mol. The van der Waals surface area contributed by atoms with E-state index in [0.717, 1.165) is 12.8 Å². The Labute approximate surface area is 194 Å². The van der Waals surface area contributed by atoms with E-state index in [0.29, 0.717) is 39.7 Å². The topological polar surface area (TPSA) is 83.9 Å². The Bertz CT molecular complexity index is 1120. The molecule has 1 aliphatic heterocycles. The van der Waals surface area contributed by atoms with Gasteiger partial charge in [-0.15, -0.1) is 6.58 Å². The fraction of sp³-hybridized carbons (Fsp3) is 0.261. The van der Waals surface area contributed by atoms with Gasteiger partial charge in [-0.2, -0.15) is 0 Å². The van der Waals surface area contributed by atoms with Crippen molar-refractivity contribution in [2.45, 2.75) is 31.7 Å². The van der Waals surface area contributed by atoms with Gasteiger partial charge >= 0.3 is 0 Å². The molecule has 1 saturated heterocycles. The van der Waals surface area contributed by atoms with Crippen LogP contribution in [0.1, 0.15) is 31.5 Å². The summed E-state index contributed by atoms with van der Waals surface area (Å²) in [5.74, 6) is 0.678. The number of carbonyl (C=O) groups excluding carboxylic acids is 1. The molecule has 7 nitrogen and oxygen atoms in total. The van der Waals surface area contributed by atoms with E-state index in [2.05, 4.69) is 37.8 Å². The van der Waals surface area contributed by atoms with Crippen molar-refractivity contribution >= 4 is 33.3 Å². The second kappa shape index (κ2) is 9.52. The minimum Gasteiger partial charge on any atom is -0.340 e. The molecule has 0 saturated carbocycles. The molecule has 1 aliphatic rings. The van der Waals surface area contributed by atoms with Crippen LogP contribution in [0.15, 0.2) is 60.0 Å². The molecule has 1 amide bonds. The molecule has 9 heteroatoms. The maximum Gasteiger partial charge on any atom is 0.219 e. The Morgan fingerprint density at radius 1 is 1.22 bits per heavy atom. The summed E-state index contributed by atoms with van der Waals surface area (Å²) in [5, 5.41) is 3.16. The van der Waals surface area contributed by atoms with Crippen LogP contribution in [0.4, 0.5) is 15.9 Å². The van der Waals surface area contributed by atoms with Crippen molar-refractivity contribution in [1.82, 2.24) is 24.8 Å². The summed E-state index contributed by atoms with van der Waals surface area (Å²) in [6.07, 6.45) is 8.23. The number of piperidine rings is 1. The van der Waals surface area contributed by atoms with Gasteiger partial charge in [0, 0.05) is 54.0 Å². The van der Waals surface area contributed by atoms with Crippen LogP contribution >= 0.6 is 15.9 Å². The molecular formula is C23H22BrFN6O. The first-order valence-corrected chi connectivity index (χ1v) is 11.0. The van der Waals surface area contributed by atoms with Gasteiger partial charge in [-0.05, 0) is 31.0 Å². The largest absolute Gasteiger partial charge is 0.340 e. The van der Waals surface area contributed by atoms with Crippen molar-refractivity contribution in [2.24, 2.45) is 0 Å². The highest BCUT2D eigenvalue weighted by Crippen LogP contribution is 2.31. The number of benzene rings is 1. The number of rotatable bonds is 5. The number of likely N-dealkylation sites (tertiary alicyclic amines) is 1. The predicted molar refractivity (Wildman–Crippen MR) is 124 cm³/mol. The van der Waals surface area contributed by atoms with Crippen LogP contribution in [0.25, 0.3) is 11.4 Å². The average molecular weight is 497 g/mol. The van der Waals surface area contributed by atoms with Crippen molar-refractivity contribution in [1.29, 1.82) is 0 Å². The maximum atomic E-state index is 13.9. The van der Waals surface area contributed by atoms with Crippen molar-refractivity contribution in [3.63, 3.8) is 0 Å². The summed E-state index contributed by atoms with van der Waals surface area (Å²) >= 11 is 3.31. The van der Waals surface area contributed by atoms with Gasteiger partial charge in [-0.1, -0.05) is 22.0 Å². The maximum absolute atomic E-state index is 13.9. The van der Waals surface area contributed by atoms with Gasteiger partial charge in [0.05, 0.1) is 11.9 Å². The summed E-state index contributed by atoms with van der Waals surface area (Å²) in [6, 6.07) is 6.30. The van der Waals surface area contributed by atoms with Crippen LogP contribution in [-0.2, 0) is 4.79 Å². The molecule has 32 heavy (non-hydrogen) atoms. The smallest absolute Gasteiger partial charge is 0.219 e. The second-order valence-corrected chi connectivity index (χ2v) is 8.53. The first kappa shape index (κ1) is 22.0. The fourth-order valence-corrected chi connectivity index (χ4v) is 4.32. The molecule has 1 fully saturated rings. The summed E-state index contributed by atoms with van der Waals surface area (Å²) in [4.78, 5) is 31.9. The Morgan fingerprint density at radius 3 is 2.75 bits per heavy atom. The van der Waals surface area contributed by atoms with Crippen LogP contribution in [0.3, 0.4) is 0 Å². The molecule has 1 aromatic carbocycles. The highest BCUT2D eigenvalue weighted by atomic mass is 79.9. The number of nitrogens with zero attached hydrogens (tertiary/aromatic N) is 5. The molecule has 2 aromatic heterocycles. The van der Waals surface area contributed by atoms with Crippen LogP contribution in [0.5, 0.6) is 0 Å². The molecule has 1 N–H and O–H groups in total. The highest BCUT2D eigenvalue weighted by molar-refractivity contribution is 9.10. The van der Waals surface area contributed by atoms with Crippen LogP contribution < -0.4 is 5.32 Å². The van der Waals surface area contributed by atoms with Crippen LogP contribution in [-0.4, -0.2) is 43.3 Å². The quantitative estimate of drug-likeness (QED) is 0.507. The molecule has 3 aromatic rings. The lowest BCUT2D eigenvalue weighted by Crippen LogP contribution is -2.44. The summed E-state index contributed by atoms with van der Waals surface area (Å²) in [7, 11) is 0. The monoisotopic (exact) mass is 496 g/mol. The zero-order chi connectivity index (χ0) is 22.7. The lowest BCUT2D eigenvalue weighted by molar-refractivity contribution is -0.131. The van der Waals surface area contributed by atoms with Crippen molar-refractivity contribution in [3.8, 4) is 11.4 Å². The zero-order valence-electron chi connectivity index (χ0n) is 17.5. The molecule has 0 spiro atoms. The Balaban J connectivity index is 1.72. The van der Waals surface area contributed by atoms with Crippen LogP contribution in [0, 0.1) is 5.82 Å². The second-order valence-electron chi connectivity index (χ2n) is 7.62. The number of hydrogen-bond donors (Lipinski definition) is 1. The van der Waals surface area contributed by atoms with Crippen molar-refractivity contribution in [2.75, 3.05) is 11.9 Å². The molecule has 0 bridgehead atoms. The van der Waals surface area contributed by atoms with Gasteiger partial charge in [0.25, 0.3) is 0 Å². The highest BCUT2D eigenvalue weighted by Gasteiger charge is 2.31. The van der Waals surface area contributed by atoms with Gasteiger partial charge in [0.15, 0.2) is 0 Å². The number of aromatic nitrogens is 4. The number of carbonyl (C=O) groups is 1. The molecule has 3 heterocycles. The molecule has 164 valence electrons. The SMILES string of the molecule is C=C[C@H]1CC[C@@H](c2nc(Nc3cc(F)cc(Br)c3)cc(-c3cnccn3)n2)CN1C(C)=O. The first-order valence-electron chi connectivity index (χ1n) is 10.2. The fourth-order valence-electron chi connectivity index (χ4n) is 3.86. The molecule has 0 aliphatic carbocycles. The third kappa shape index (κ3) is 4.99. The predicted octanol–water partition coefficient (Wildman–Crippen LogP) is 4.86. The molecule has 4 rings (SSSR count). The lowest BCUT2D eigenvalue weighted by atomic mass is 9.91. The van der Waals surface area contributed by atoms with E-state index in [1.165, 1.54) is 12.1 Å². The van der Waals surface area contributed by atoms with Gasteiger partial charge in [0.1, 0.15) is 23.2 Å². The van der Waals surface area contributed by atoms with E-state index in [1.54, 1.807) is 42.5 Å². The molecule has 0 unspecified atom stereocenters. The Kier molecular flexibility index (Phi) is 6.55. The molecule has 2 atom stereocenters. The first-order chi connectivity index (χ1) is 15.4. The third-order valence-corrected chi connectivity index (χ3v) is 5.83. The van der Waals surface area contributed by atoms with E-state index in [4.69, 9.17) is 9.97 Å². The van der Waals surface area contributed by atoms with Crippen LogP contribution in [0.2, 0.25) is 0 Å². The Morgan fingerprint density at radius 2 is 2.06 bits per heavy atom. The van der Waals surface area contributed by atoms with Gasteiger partial charge in [-0.3, -0.25) is 14.8 Å². The van der Waals surface area contributed by atoms with Gasteiger partial charge in [0.2, 0.25) is 5.91 Å². The number of halogens is 2. The number of hydrogen-bond acceptors (Lipinski definition) is 6. The minimum absolute atomic E-state index is 0.00681. The third-order valence-electron chi connectivity index (χ3n) is 5.37.